The lowest BCUT2D eigenvalue weighted by Gasteiger charge is -2.25. The Morgan fingerprint density at radius 3 is 2.69 bits per heavy atom. The predicted octanol–water partition coefficient (Wildman–Crippen LogP) is 2.52. The first-order chi connectivity index (χ1) is 6.03. The molecule has 0 bridgehead atoms. The Morgan fingerprint density at radius 2 is 2.23 bits per heavy atom. The lowest BCUT2D eigenvalue weighted by Crippen LogP contribution is -2.41. The Bertz CT molecular complexity index is 158. The first kappa shape index (κ1) is 11.2. The third-order valence-electron chi connectivity index (χ3n) is 2.48. The van der Waals surface area contributed by atoms with Gasteiger partial charge in [0.05, 0.1) is 6.04 Å². The first-order valence-corrected chi connectivity index (χ1v) is 5.67. The number of nitrogens with one attached hydrogen (secondary N) is 1. The third kappa shape index (κ3) is 3.43. The fourth-order valence-corrected chi connectivity index (χ4v) is 2.70. The Kier molecular flexibility index (Phi) is 3.98. The maximum Gasteiger partial charge on any atom is 0.253 e. The maximum absolute atomic E-state index is 12.2. The van der Waals surface area contributed by atoms with E-state index in [1.54, 1.807) is 0 Å². The van der Waals surface area contributed by atoms with Gasteiger partial charge in [0.25, 0.3) is 6.43 Å². The molecule has 0 radical (unpaired) electrons. The van der Waals surface area contributed by atoms with E-state index in [9.17, 15) is 8.78 Å². The van der Waals surface area contributed by atoms with E-state index in [2.05, 4.69) is 12.2 Å². The fraction of sp³-hybridized carbons (Fsp3) is 1.00. The van der Waals surface area contributed by atoms with Crippen LogP contribution in [0.5, 0.6) is 0 Å². The summed E-state index contributed by atoms with van der Waals surface area (Å²) in [7, 11) is 0. The van der Waals surface area contributed by atoms with Crippen molar-refractivity contribution >= 4 is 11.8 Å². The van der Waals surface area contributed by atoms with Gasteiger partial charge < -0.3 is 5.32 Å². The SMILES string of the molecule is CC(NCC1(C)CCCS1)C(F)F. The molecule has 1 saturated heterocycles. The van der Waals surface area contributed by atoms with E-state index < -0.39 is 12.5 Å². The Labute approximate surface area is 82.7 Å². The van der Waals surface area contributed by atoms with Crippen LogP contribution in [0.1, 0.15) is 26.7 Å². The topological polar surface area (TPSA) is 12.0 Å². The molecule has 1 fully saturated rings. The van der Waals surface area contributed by atoms with E-state index in [0.29, 0.717) is 6.54 Å². The van der Waals surface area contributed by atoms with Crippen LogP contribution in [0.15, 0.2) is 0 Å². The summed E-state index contributed by atoms with van der Waals surface area (Å²) >= 11 is 1.89. The summed E-state index contributed by atoms with van der Waals surface area (Å²) in [4.78, 5) is 0. The molecular formula is C9H17F2NS. The standard InChI is InChI=1S/C9H17F2NS/c1-7(8(10)11)12-6-9(2)4-3-5-13-9/h7-8,12H,3-6H2,1-2H3. The van der Waals surface area contributed by atoms with Gasteiger partial charge in [-0.25, -0.2) is 8.78 Å². The minimum absolute atomic E-state index is 0.184. The van der Waals surface area contributed by atoms with E-state index in [1.807, 2.05) is 11.8 Å². The Hall–Kier alpha value is 0.170. The number of alkyl halides is 2. The molecule has 1 rings (SSSR count). The Balaban J connectivity index is 2.24. The van der Waals surface area contributed by atoms with Crippen molar-refractivity contribution in [3.8, 4) is 0 Å². The van der Waals surface area contributed by atoms with Crippen molar-refractivity contribution in [1.29, 1.82) is 0 Å². The number of halogens is 2. The van der Waals surface area contributed by atoms with Crippen LogP contribution in [0.25, 0.3) is 0 Å². The molecule has 78 valence electrons. The van der Waals surface area contributed by atoms with Crippen molar-refractivity contribution in [2.24, 2.45) is 0 Å². The summed E-state index contributed by atoms with van der Waals surface area (Å²) in [6.45, 7) is 4.38. The van der Waals surface area contributed by atoms with Crippen LogP contribution in [0.2, 0.25) is 0 Å². The lowest BCUT2D eigenvalue weighted by atomic mass is 10.1. The fourth-order valence-electron chi connectivity index (χ4n) is 1.44. The molecule has 0 aromatic carbocycles. The van der Waals surface area contributed by atoms with Gasteiger partial charge in [-0.15, -0.1) is 0 Å². The highest BCUT2D eigenvalue weighted by molar-refractivity contribution is 8.00. The zero-order valence-electron chi connectivity index (χ0n) is 8.15. The summed E-state index contributed by atoms with van der Waals surface area (Å²) in [5.41, 5.74) is 0. The summed E-state index contributed by atoms with van der Waals surface area (Å²) in [6, 6.07) is -0.682. The van der Waals surface area contributed by atoms with E-state index in [-0.39, 0.29) is 4.75 Å². The molecule has 1 N–H and O–H groups in total. The van der Waals surface area contributed by atoms with Gasteiger partial charge in [0.2, 0.25) is 0 Å². The lowest BCUT2D eigenvalue weighted by molar-refractivity contribution is 0.105. The highest BCUT2D eigenvalue weighted by Crippen LogP contribution is 2.37. The molecule has 2 unspecified atom stereocenters. The average molecular weight is 209 g/mol. The molecule has 0 aromatic rings. The van der Waals surface area contributed by atoms with Crippen molar-refractivity contribution < 1.29 is 8.78 Å². The minimum atomic E-state index is -2.25. The first-order valence-electron chi connectivity index (χ1n) is 4.69. The molecule has 0 saturated carbocycles. The summed E-state index contributed by atoms with van der Waals surface area (Å²) < 4.78 is 24.5. The molecule has 1 nitrogen and oxygen atoms in total. The molecule has 1 aliphatic heterocycles. The monoisotopic (exact) mass is 209 g/mol. The summed E-state index contributed by atoms with van der Waals surface area (Å²) in [5.74, 6) is 1.17. The van der Waals surface area contributed by atoms with Gasteiger partial charge in [0.1, 0.15) is 0 Å². The van der Waals surface area contributed by atoms with Gasteiger partial charge >= 0.3 is 0 Å². The van der Waals surface area contributed by atoms with E-state index in [0.717, 1.165) is 6.42 Å². The van der Waals surface area contributed by atoms with Gasteiger partial charge in [0, 0.05) is 11.3 Å². The zero-order valence-corrected chi connectivity index (χ0v) is 8.96. The second kappa shape index (κ2) is 4.60. The molecule has 4 heteroatoms. The predicted molar refractivity (Wildman–Crippen MR) is 53.6 cm³/mol. The second-order valence-electron chi connectivity index (χ2n) is 3.91. The quantitative estimate of drug-likeness (QED) is 0.763. The van der Waals surface area contributed by atoms with Crippen molar-refractivity contribution in [1.82, 2.24) is 5.32 Å². The van der Waals surface area contributed by atoms with Crippen LogP contribution < -0.4 is 5.32 Å². The van der Waals surface area contributed by atoms with Crippen LogP contribution in [-0.2, 0) is 0 Å². The number of rotatable bonds is 4. The average Bonchev–Trinajstić information content (AvgIpc) is 2.48. The Morgan fingerprint density at radius 1 is 1.54 bits per heavy atom. The molecule has 2 atom stereocenters. The van der Waals surface area contributed by atoms with Crippen molar-refractivity contribution in [2.45, 2.75) is 43.9 Å². The molecule has 13 heavy (non-hydrogen) atoms. The molecular weight excluding hydrogens is 192 g/mol. The van der Waals surface area contributed by atoms with Gasteiger partial charge in [-0.3, -0.25) is 0 Å². The van der Waals surface area contributed by atoms with Gasteiger partial charge in [-0.05, 0) is 32.4 Å². The van der Waals surface area contributed by atoms with E-state index >= 15 is 0 Å². The molecule has 0 spiro atoms. The zero-order chi connectivity index (χ0) is 9.90. The summed E-state index contributed by atoms with van der Waals surface area (Å²) in [5, 5.41) is 2.89. The molecule has 0 amide bonds. The normalized spacial score (nSPS) is 31.2. The van der Waals surface area contributed by atoms with Crippen LogP contribution in [0.4, 0.5) is 8.78 Å². The summed E-state index contributed by atoms with van der Waals surface area (Å²) in [6.07, 6.45) is 0.0991. The highest BCUT2D eigenvalue weighted by atomic mass is 32.2. The largest absolute Gasteiger partial charge is 0.308 e. The van der Waals surface area contributed by atoms with Crippen LogP contribution in [0, 0.1) is 0 Å². The van der Waals surface area contributed by atoms with Crippen molar-refractivity contribution in [3.63, 3.8) is 0 Å². The van der Waals surface area contributed by atoms with Crippen LogP contribution in [-0.4, -0.2) is 29.5 Å². The van der Waals surface area contributed by atoms with Crippen molar-refractivity contribution in [3.05, 3.63) is 0 Å². The molecule has 0 aromatic heterocycles. The number of thioether (sulfide) groups is 1. The third-order valence-corrected chi connectivity index (χ3v) is 4.01. The maximum atomic E-state index is 12.2. The molecule has 1 aliphatic rings. The van der Waals surface area contributed by atoms with Gasteiger partial charge in [-0.1, -0.05) is 0 Å². The van der Waals surface area contributed by atoms with Crippen molar-refractivity contribution in [2.75, 3.05) is 12.3 Å². The number of hydrogen-bond acceptors (Lipinski definition) is 2. The minimum Gasteiger partial charge on any atom is -0.308 e. The second-order valence-corrected chi connectivity index (χ2v) is 5.59. The van der Waals surface area contributed by atoms with Gasteiger partial charge in [-0.2, -0.15) is 11.8 Å². The molecule has 1 heterocycles. The molecule has 0 aliphatic carbocycles. The number of hydrogen-bond donors (Lipinski definition) is 1. The highest BCUT2D eigenvalue weighted by Gasteiger charge is 2.30. The van der Waals surface area contributed by atoms with Gasteiger partial charge in [0.15, 0.2) is 0 Å². The van der Waals surface area contributed by atoms with E-state index in [4.69, 9.17) is 0 Å². The van der Waals surface area contributed by atoms with E-state index in [1.165, 1.54) is 19.1 Å². The smallest absolute Gasteiger partial charge is 0.253 e. The van der Waals surface area contributed by atoms with Crippen LogP contribution >= 0.6 is 11.8 Å². The van der Waals surface area contributed by atoms with Crippen LogP contribution in [0.3, 0.4) is 0 Å².